The van der Waals surface area contributed by atoms with Gasteiger partial charge >= 0.3 is 5.97 Å². The Morgan fingerprint density at radius 2 is 1.95 bits per heavy atom. The number of hydrogen-bond acceptors (Lipinski definition) is 2. The van der Waals surface area contributed by atoms with Gasteiger partial charge in [0.05, 0.1) is 5.41 Å². The molecule has 4 nitrogen and oxygen atoms in total. The van der Waals surface area contributed by atoms with Crippen molar-refractivity contribution in [2.75, 3.05) is 7.05 Å². The first-order valence-corrected chi connectivity index (χ1v) is 7.19. The SMILES string of the molecule is Cc1cccc(CN(C)C(=O)CC(C)(C(=O)O)C(C)C)c1. The van der Waals surface area contributed by atoms with Gasteiger partial charge in [-0.3, -0.25) is 9.59 Å². The van der Waals surface area contributed by atoms with Gasteiger partial charge in [0, 0.05) is 20.0 Å². The van der Waals surface area contributed by atoms with Gasteiger partial charge in [0.1, 0.15) is 0 Å². The fourth-order valence-electron chi connectivity index (χ4n) is 2.15. The van der Waals surface area contributed by atoms with Crippen LogP contribution in [0.5, 0.6) is 0 Å². The highest BCUT2D eigenvalue weighted by Gasteiger charge is 2.39. The minimum atomic E-state index is -1.03. The highest BCUT2D eigenvalue weighted by atomic mass is 16.4. The van der Waals surface area contributed by atoms with Gasteiger partial charge in [-0.15, -0.1) is 0 Å². The normalized spacial score (nSPS) is 13.8. The van der Waals surface area contributed by atoms with Crippen LogP contribution in [-0.4, -0.2) is 28.9 Å². The summed E-state index contributed by atoms with van der Waals surface area (Å²) in [5.41, 5.74) is 1.16. The molecule has 0 radical (unpaired) electrons. The number of hydrogen-bond donors (Lipinski definition) is 1. The Kier molecular flexibility index (Phi) is 5.53. The lowest BCUT2D eigenvalue weighted by molar-refractivity contribution is -0.155. The number of amides is 1. The second-order valence-corrected chi connectivity index (χ2v) is 6.29. The molecule has 1 aromatic rings. The Morgan fingerprint density at radius 3 is 2.43 bits per heavy atom. The summed E-state index contributed by atoms with van der Waals surface area (Å²) in [5, 5.41) is 9.39. The molecule has 116 valence electrons. The fraction of sp³-hybridized carbons (Fsp3) is 0.529. The van der Waals surface area contributed by atoms with E-state index < -0.39 is 11.4 Å². The van der Waals surface area contributed by atoms with Crippen LogP contribution in [0.1, 0.15) is 38.3 Å². The molecule has 1 atom stereocenters. The summed E-state index contributed by atoms with van der Waals surface area (Å²) in [6, 6.07) is 7.96. The molecule has 1 aromatic carbocycles. The average molecular weight is 291 g/mol. The first kappa shape index (κ1) is 17.2. The van der Waals surface area contributed by atoms with Crippen molar-refractivity contribution >= 4 is 11.9 Å². The summed E-state index contributed by atoms with van der Waals surface area (Å²) in [6.45, 7) is 7.81. The Balaban J connectivity index is 2.77. The van der Waals surface area contributed by atoms with Crippen molar-refractivity contribution in [3.8, 4) is 0 Å². The van der Waals surface area contributed by atoms with Crippen LogP contribution in [0.25, 0.3) is 0 Å². The lowest BCUT2D eigenvalue weighted by Crippen LogP contribution is -2.39. The van der Waals surface area contributed by atoms with E-state index >= 15 is 0 Å². The third-order valence-corrected chi connectivity index (χ3v) is 4.21. The number of benzene rings is 1. The maximum atomic E-state index is 12.3. The summed E-state index contributed by atoms with van der Waals surface area (Å²) < 4.78 is 0. The number of carboxylic acid groups (broad SMARTS) is 1. The van der Waals surface area contributed by atoms with E-state index in [1.807, 2.05) is 45.0 Å². The fourth-order valence-corrected chi connectivity index (χ4v) is 2.15. The second-order valence-electron chi connectivity index (χ2n) is 6.29. The van der Waals surface area contributed by atoms with E-state index in [1.165, 1.54) is 0 Å². The molecule has 0 spiro atoms. The van der Waals surface area contributed by atoms with Crippen molar-refractivity contribution in [2.24, 2.45) is 11.3 Å². The van der Waals surface area contributed by atoms with E-state index in [4.69, 9.17) is 0 Å². The van der Waals surface area contributed by atoms with Gasteiger partial charge in [-0.05, 0) is 25.3 Å². The number of aliphatic carboxylic acids is 1. The van der Waals surface area contributed by atoms with Crippen molar-refractivity contribution in [3.63, 3.8) is 0 Å². The van der Waals surface area contributed by atoms with Crippen LogP contribution in [0.2, 0.25) is 0 Å². The minimum Gasteiger partial charge on any atom is -0.481 e. The molecular weight excluding hydrogens is 266 g/mol. The van der Waals surface area contributed by atoms with E-state index in [1.54, 1.807) is 18.9 Å². The Morgan fingerprint density at radius 1 is 1.33 bits per heavy atom. The van der Waals surface area contributed by atoms with E-state index in [2.05, 4.69) is 0 Å². The van der Waals surface area contributed by atoms with Crippen LogP contribution in [0.4, 0.5) is 0 Å². The second kappa shape index (κ2) is 6.74. The molecule has 0 heterocycles. The van der Waals surface area contributed by atoms with E-state index in [0.29, 0.717) is 6.54 Å². The third-order valence-electron chi connectivity index (χ3n) is 4.21. The van der Waals surface area contributed by atoms with Crippen LogP contribution >= 0.6 is 0 Å². The monoisotopic (exact) mass is 291 g/mol. The first-order chi connectivity index (χ1) is 9.66. The summed E-state index contributed by atoms with van der Waals surface area (Å²) in [7, 11) is 1.72. The highest BCUT2D eigenvalue weighted by molar-refractivity contribution is 5.84. The van der Waals surface area contributed by atoms with Crippen molar-refractivity contribution in [1.82, 2.24) is 4.90 Å². The minimum absolute atomic E-state index is 0.0162. The molecule has 0 aliphatic heterocycles. The molecular formula is C17H25NO3. The molecule has 0 aliphatic rings. The molecule has 0 aromatic heterocycles. The number of carboxylic acids is 1. The molecule has 1 amide bonds. The summed E-state index contributed by atoms with van der Waals surface area (Å²) in [5.74, 6) is -1.17. The number of nitrogens with zero attached hydrogens (tertiary/aromatic N) is 1. The maximum absolute atomic E-state index is 12.3. The average Bonchev–Trinajstić information content (AvgIpc) is 2.37. The number of rotatable bonds is 6. The van der Waals surface area contributed by atoms with Crippen LogP contribution in [0, 0.1) is 18.3 Å². The van der Waals surface area contributed by atoms with Gasteiger partial charge in [-0.2, -0.15) is 0 Å². The Bertz CT molecular complexity index is 525. The van der Waals surface area contributed by atoms with Crippen molar-refractivity contribution in [2.45, 2.75) is 40.7 Å². The van der Waals surface area contributed by atoms with E-state index in [9.17, 15) is 14.7 Å². The molecule has 1 unspecified atom stereocenters. The third kappa shape index (κ3) is 4.31. The van der Waals surface area contributed by atoms with Gasteiger partial charge in [-0.1, -0.05) is 43.7 Å². The van der Waals surface area contributed by atoms with Gasteiger partial charge in [0.2, 0.25) is 5.91 Å². The molecule has 0 saturated carbocycles. The number of carbonyl (C=O) groups is 2. The predicted octanol–water partition coefficient (Wildman–Crippen LogP) is 3.09. The predicted molar refractivity (Wildman–Crippen MR) is 82.9 cm³/mol. The van der Waals surface area contributed by atoms with Gasteiger partial charge in [0.15, 0.2) is 0 Å². The zero-order valence-electron chi connectivity index (χ0n) is 13.5. The van der Waals surface area contributed by atoms with Crippen LogP contribution in [0.15, 0.2) is 24.3 Å². The molecule has 0 aliphatic carbocycles. The van der Waals surface area contributed by atoms with E-state index in [-0.39, 0.29) is 18.2 Å². The standard InChI is InChI=1S/C17H25NO3/c1-12(2)17(4,16(20)21)10-15(19)18(5)11-14-8-6-7-13(3)9-14/h6-9,12H,10-11H2,1-5H3,(H,20,21). The molecule has 1 N–H and O–H groups in total. The Hall–Kier alpha value is -1.84. The Labute approximate surface area is 126 Å². The summed E-state index contributed by atoms with van der Waals surface area (Å²) >= 11 is 0. The molecule has 0 bridgehead atoms. The smallest absolute Gasteiger partial charge is 0.310 e. The zero-order chi connectivity index (χ0) is 16.2. The lowest BCUT2D eigenvalue weighted by Gasteiger charge is -2.30. The van der Waals surface area contributed by atoms with Gasteiger partial charge < -0.3 is 10.0 Å². The quantitative estimate of drug-likeness (QED) is 0.876. The van der Waals surface area contributed by atoms with E-state index in [0.717, 1.165) is 11.1 Å². The van der Waals surface area contributed by atoms with Crippen molar-refractivity contribution < 1.29 is 14.7 Å². The van der Waals surface area contributed by atoms with Gasteiger partial charge in [0.25, 0.3) is 0 Å². The molecule has 4 heteroatoms. The van der Waals surface area contributed by atoms with Crippen molar-refractivity contribution in [3.05, 3.63) is 35.4 Å². The highest BCUT2D eigenvalue weighted by Crippen LogP contribution is 2.32. The number of carbonyl (C=O) groups excluding carboxylic acids is 1. The topological polar surface area (TPSA) is 57.6 Å². The molecule has 0 saturated heterocycles. The maximum Gasteiger partial charge on any atom is 0.310 e. The molecule has 21 heavy (non-hydrogen) atoms. The molecule has 0 fully saturated rings. The first-order valence-electron chi connectivity index (χ1n) is 7.19. The lowest BCUT2D eigenvalue weighted by atomic mass is 9.76. The number of aryl methyl sites for hydroxylation is 1. The summed E-state index contributed by atoms with van der Waals surface area (Å²) in [4.78, 5) is 25.4. The largest absolute Gasteiger partial charge is 0.481 e. The van der Waals surface area contributed by atoms with Crippen LogP contribution < -0.4 is 0 Å². The van der Waals surface area contributed by atoms with Gasteiger partial charge in [-0.25, -0.2) is 0 Å². The van der Waals surface area contributed by atoms with Crippen LogP contribution in [-0.2, 0) is 16.1 Å². The zero-order valence-corrected chi connectivity index (χ0v) is 13.5. The van der Waals surface area contributed by atoms with Crippen LogP contribution in [0.3, 0.4) is 0 Å². The molecule has 1 rings (SSSR count). The summed E-state index contributed by atoms with van der Waals surface area (Å²) in [6.07, 6.45) is 0.0162. The van der Waals surface area contributed by atoms with Crippen molar-refractivity contribution in [1.29, 1.82) is 0 Å².